The fraction of sp³-hybridized carbons (Fsp3) is 0.389. The molecule has 1 amide bonds. The van der Waals surface area contributed by atoms with E-state index in [9.17, 15) is 13.2 Å². The quantitative estimate of drug-likeness (QED) is 0.851. The maximum absolute atomic E-state index is 12.4. The molecule has 3 rings (SSSR count). The number of sulfonamides is 1. The molecular weight excluding hydrogens is 342 g/mol. The van der Waals surface area contributed by atoms with Gasteiger partial charge in [0.15, 0.2) is 0 Å². The molecule has 0 unspecified atom stereocenters. The van der Waals surface area contributed by atoms with Crippen LogP contribution in [0.5, 0.6) is 0 Å². The second-order valence-corrected chi connectivity index (χ2v) is 7.77. The van der Waals surface area contributed by atoms with Gasteiger partial charge in [0.1, 0.15) is 6.10 Å². The number of hydrogen-bond donors (Lipinski definition) is 1. The van der Waals surface area contributed by atoms with Gasteiger partial charge >= 0.3 is 0 Å². The molecule has 0 aromatic heterocycles. The normalized spacial score (nSPS) is 19.0. The van der Waals surface area contributed by atoms with E-state index in [4.69, 9.17) is 9.47 Å². The van der Waals surface area contributed by atoms with E-state index in [1.54, 1.807) is 12.1 Å². The van der Waals surface area contributed by atoms with Gasteiger partial charge in [-0.25, -0.2) is 13.1 Å². The van der Waals surface area contributed by atoms with E-state index in [0.29, 0.717) is 6.61 Å². The van der Waals surface area contributed by atoms with Crippen molar-refractivity contribution in [2.24, 2.45) is 0 Å². The van der Waals surface area contributed by atoms with Gasteiger partial charge in [-0.15, -0.1) is 0 Å². The van der Waals surface area contributed by atoms with Crippen LogP contribution < -0.4 is 4.72 Å². The van der Waals surface area contributed by atoms with Crippen LogP contribution in [-0.2, 0) is 24.3 Å². The van der Waals surface area contributed by atoms with Gasteiger partial charge in [0.25, 0.3) is 15.9 Å². The predicted octanol–water partition coefficient (Wildman–Crippen LogP) is 2.23. The lowest BCUT2D eigenvalue weighted by atomic mass is 10.1. The SMILES string of the molecule is C[C@H](OC[C@@H]1CCCO1)C(=O)NS(=O)(=O)c1ccc2ccccc2c1. The average Bonchev–Trinajstić information content (AvgIpc) is 3.12. The Hall–Kier alpha value is -1.96. The number of nitrogens with one attached hydrogen (secondary N) is 1. The number of amides is 1. The summed E-state index contributed by atoms with van der Waals surface area (Å²) in [6, 6.07) is 12.2. The van der Waals surface area contributed by atoms with Gasteiger partial charge in [-0.2, -0.15) is 0 Å². The van der Waals surface area contributed by atoms with Gasteiger partial charge in [0, 0.05) is 6.61 Å². The van der Waals surface area contributed by atoms with Gasteiger partial charge in [0.05, 0.1) is 17.6 Å². The molecule has 0 saturated carbocycles. The van der Waals surface area contributed by atoms with E-state index in [2.05, 4.69) is 4.72 Å². The zero-order valence-corrected chi connectivity index (χ0v) is 14.8. The summed E-state index contributed by atoms with van der Waals surface area (Å²) in [6.45, 7) is 2.51. The van der Waals surface area contributed by atoms with Crippen LogP contribution in [0, 0.1) is 0 Å². The summed E-state index contributed by atoms with van der Waals surface area (Å²) in [4.78, 5) is 12.2. The van der Waals surface area contributed by atoms with Crippen molar-refractivity contribution in [1.29, 1.82) is 0 Å². The summed E-state index contributed by atoms with van der Waals surface area (Å²) in [5.41, 5.74) is 0. The molecule has 25 heavy (non-hydrogen) atoms. The summed E-state index contributed by atoms with van der Waals surface area (Å²) >= 11 is 0. The average molecular weight is 363 g/mol. The van der Waals surface area contributed by atoms with Crippen molar-refractivity contribution in [3.8, 4) is 0 Å². The second kappa shape index (κ2) is 7.51. The Labute approximate surface area is 147 Å². The molecule has 1 heterocycles. The van der Waals surface area contributed by atoms with E-state index in [0.717, 1.165) is 23.6 Å². The third kappa shape index (κ3) is 4.36. The molecule has 0 spiro atoms. The molecule has 2 aromatic carbocycles. The van der Waals surface area contributed by atoms with Crippen LogP contribution in [0.4, 0.5) is 0 Å². The van der Waals surface area contributed by atoms with Crippen LogP contribution in [0.25, 0.3) is 10.8 Å². The van der Waals surface area contributed by atoms with Crippen molar-refractivity contribution in [3.63, 3.8) is 0 Å². The molecule has 1 aliphatic rings. The highest BCUT2D eigenvalue weighted by Gasteiger charge is 2.24. The van der Waals surface area contributed by atoms with Gasteiger partial charge in [-0.1, -0.05) is 30.3 Å². The topological polar surface area (TPSA) is 81.7 Å². The van der Waals surface area contributed by atoms with Crippen LogP contribution in [0.2, 0.25) is 0 Å². The molecular formula is C18H21NO5S. The van der Waals surface area contributed by atoms with E-state index < -0.39 is 22.0 Å². The third-order valence-electron chi connectivity index (χ3n) is 4.19. The number of ether oxygens (including phenoxy) is 2. The lowest BCUT2D eigenvalue weighted by Crippen LogP contribution is -2.39. The number of hydrogen-bond acceptors (Lipinski definition) is 5. The lowest BCUT2D eigenvalue weighted by molar-refractivity contribution is -0.131. The lowest BCUT2D eigenvalue weighted by Gasteiger charge is -2.16. The Balaban J connectivity index is 1.65. The van der Waals surface area contributed by atoms with Crippen LogP contribution in [-0.4, -0.2) is 39.7 Å². The second-order valence-electron chi connectivity index (χ2n) is 6.09. The minimum atomic E-state index is -3.94. The number of rotatable bonds is 6. The molecule has 2 aromatic rings. The number of benzene rings is 2. The fourth-order valence-electron chi connectivity index (χ4n) is 2.71. The molecule has 1 fully saturated rings. The summed E-state index contributed by atoms with van der Waals surface area (Å²) in [7, 11) is -3.94. The first-order valence-electron chi connectivity index (χ1n) is 8.24. The van der Waals surface area contributed by atoms with Crippen molar-refractivity contribution in [2.45, 2.75) is 36.9 Å². The number of carbonyl (C=O) groups excluding carboxylic acids is 1. The van der Waals surface area contributed by atoms with Gasteiger partial charge in [-0.05, 0) is 42.7 Å². The van der Waals surface area contributed by atoms with Crippen molar-refractivity contribution in [1.82, 2.24) is 4.72 Å². The van der Waals surface area contributed by atoms with Crippen molar-refractivity contribution >= 4 is 26.7 Å². The first-order chi connectivity index (χ1) is 12.0. The van der Waals surface area contributed by atoms with Crippen LogP contribution in [0.1, 0.15) is 19.8 Å². The minimum Gasteiger partial charge on any atom is -0.376 e. The van der Waals surface area contributed by atoms with Crippen LogP contribution >= 0.6 is 0 Å². The molecule has 1 saturated heterocycles. The number of carbonyl (C=O) groups is 1. The molecule has 0 radical (unpaired) electrons. The smallest absolute Gasteiger partial charge is 0.264 e. The Kier molecular flexibility index (Phi) is 5.36. The van der Waals surface area contributed by atoms with Gasteiger partial charge < -0.3 is 9.47 Å². The molecule has 134 valence electrons. The predicted molar refractivity (Wildman–Crippen MR) is 93.7 cm³/mol. The molecule has 1 N–H and O–H groups in total. The third-order valence-corrected chi connectivity index (χ3v) is 5.54. The molecule has 2 atom stereocenters. The monoisotopic (exact) mass is 363 g/mol. The van der Waals surface area contributed by atoms with E-state index >= 15 is 0 Å². The Morgan fingerprint density at radius 1 is 1.28 bits per heavy atom. The molecule has 0 aliphatic carbocycles. The highest BCUT2D eigenvalue weighted by Crippen LogP contribution is 2.19. The summed E-state index contributed by atoms with van der Waals surface area (Å²) in [6.07, 6.45) is 0.973. The van der Waals surface area contributed by atoms with Crippen molar-refractivity contribution < 1.29 is 22.7 Å². The molecule has 1 aliphatic heterocycles. The highest BCUT2D eigenvalue weighted by molar-refractivity contribution is 7.90. The fourth-order valence-corrected chi connectivity index (χ4v) is 3.79. The first-order valence-corrected chi connectivity index (χ1v) is 9.73. The van der Waals surface area contributed by atoms with Gasteiger partial charge in [0.2, 0.25) is 0 Å². The van der Waals surface area contributed by atoms with Gasteiger partial charge in [-0.3, -0.25) is 4.79 Å². The number of fused-ring (bicyclic) bond motifs is 1. The molecule has 7 heteroatoms. The van der Waals surface area contributed by atoms with E-state index in [1.807, 2.05) is 24.3 Å². The van der Waals surface area contributed by atoms with Crippen molar-refractivity contribution in [3.05, 3.63) is 42.5 Å². The summed E-state index contributed by atoms with van der Waals surface area (Å²) in [5.74, 6) is -0.689. The zero-order chi connectivity index (χ0) is 17.9. The van der Waals surface area contributed by atoms with E-state index in [-0.39, 0.29) is 17.6 Å². The summed E-state index contributed by atoms with van der Waals surface area (Å²) in [5, 5.41) is 1.72. The highest BCUT2D eigenvalue weighted by atomic mass is 32.2. The maximum Gasteiger partial charge on any atom is 0.264 e. The van der Waals surface area contributed by atoms with Crippen molar-refractivity contribution in [2.75, 3.05) is 13.2 Å². The summed E-state index contributed by atoms with van der Waals surface area (Å²) < 4.78 is 37.8. The zero-order valence-electron chi connectivity index (χ0n) is 14.0. The van der Waals surface area contributed by atoms with E-state index in [1.165, 1.54) is 13.0 Å². The standard InChI is InChI=1S/C18H21NO5S/c1-13(24-12-16-7-4-10-23-16)18(20)19-25(21,22)17-9-8-14-5-2-3-6-15(14)11-17/h2-3,5-6,8-9,11,13,16H,4,7,10,12H2,1H3,(H,19,20)/t13-,16-/m0/s1. The van der Waals surface area contributed by atoms with Crippen LogP contribution in [0.3, 0.4) is 0 Å². The largest absolute Gasteiger partial charge is 0.376 e. The Morgan fingerprint density at radius 3 is 2.76 bits per heavy atom. The molecule has 6 nitrogen and oxygen atoms in total. The maximum atomic E-state index is 12.4. The van der Waals surface area contributed by atoms with Crippen LogP contribution in [0.15, 0.2) is 47.4 Å². The first kappa shape index (κ1) is 17.8. The molecule has 0 bridgehead atoms. The minimum absolute atomic E-state index is 0.0210. The Morgan fingerprint density at radius 2 is 2.04 bits per heavy atom. The Bertz CT molecular complexity index is 859.